The summed E-state index contributed by atoms with van der Waals surface area (Å²) in [7, 11) is 3.34. The smallest absolute Gasteiger partial charge is 0.307 e. The first-order valence-corrected chi connectivity index (χ1v) is 11.0. The summed E-state index contributed by atoms with van der Waals surface area (Å²) in [5, 5.41) is 9.33. The van der Waals surface area contributed by atoms with Crippen molar-refractivity contribution in [3.05, 3.63) is 35.9 Å². The van der Waals surface area contributed by atoms with Crippen molar-refractivity contribution in [2.75, 3.05) is 27.4 Å². The molecular weight excluding hydrogens is 380 g/mol. The fraction of sp³-hybridized carbons (Fsp3) is 0.640. The maximum atomic E-state index is 11.4. The van der Waals surface area contributed by atoms with Gasteiger partial charge in [-0.25, -0.2) is 0 Å². The van der Waals surface area contributed by atoms with E-state index >= 15 is 0 Å². The molecule has 170 valence electrons. The van der Waals surface area contributed by atoms with Crippen LogP contribution in [0.25, 0.3) is 0 Å². The van der Waals surface area contributed by atoms with Crippen LogP contribution in [0.3, 0.4) is 0 Å². The summed E-state index contributed by atoms with van der Waals surface area (Å²) < 4.78 is 16.4. The first-order valence-electron chi connectivity index (χ1n) is 11.0. The lowest BCUT2D eigenvalue weighted by Crippen LogP contribution is -2.18. The zero-order chi connectivity index (χ0) is 22.5. The second kappa shape index (κ2) is 14.1. The van der Waals surface area contributed by atoms with E-state index in [-0.39, 0.29) is 11.8 Å². The Labute approximate surface area is 182 Å². The Morgan fingerprint density at radius 3 is 2.27 bits per heavy atom. The van der Waals surface area contributed by atoms with Crippen molar-refractivity contribution >= 4 is 5.97 Å². The van der Waals surface area contributed by atoms with Crippen molar-refractivity contribution in [2.24, 2.45) is 23.7 Å². The normalized spacial score (nSPS) is 13.7. The van der Waals surface area contributed by atoms with Crippen LogP contribution < -0.4 is 9.47 Å². The van der Waals surface area contributed by atoms with Gasteiger partial charge in [0.25, 0.3) is 0 Å². The standard InChI is InChI=1S/C25H40O5/c1-18(2)21(10-7-8-11-22(19(3)4)25(26)27)16-20-12-13-23(29-6)24(17-20)30-15-9-14-28-5/h7-8,12-13,17-19,21-22H,9-11,14-16H2,1-6H3,(H,26,27)/t21-,22+/m1/s1. The maximum Gasteiger partial charge on any atom is 0.307 e. The van der Waals surface area contributed by atoms with Gasteiger partial charge in [-0.05, 0) is 54.7 Å². The summed E-state index contributed by atoms with van der Waals surface area (Å²) in [4.78, 5) is 11.4. The molecule has 0 saturated heterocycles. The molecule has 0 bridgehead atoms. The van der Waals surface area contributed by atoms with E-state index in [1.54, 1.807) is 14.2 Å². The third kappa shape index (κ3) is 9.21. The second-order valence-electron chi connectivity index (χ2n) is 8.52. The number of ether oxygens (including phenoxy) is 3. The van der Waals surface area contributed by atoms with Crippen molar-refractivity contribution in [1.29, 1.82) is 0 Å². The van der Waals surface area contributed by atoms with E-state index in [1.807, 2.05) is 26.0 Å². The number of aliphatic carboxylic acids is 1. The Balaban J connectivity index is 2.75. The molecule has 0 aliphatic heterocycles. The summed E-state index contributed by atoms with van der Waals surface area (Å²) in [6, 6.07) is 6.14. The van der Waals surface area contributed by atoms with Gasteiger partial charge in [-0.1, -0.05) is 45.9 Å². The summed E-state index contributed by atoms with van der Waals surface area (Å²) in [5.41, 5.74) is 1.22. The lowest BCUT2D eigenvalue weighted by molar-refractivity contribution is -0.143. The molecule has 2 atom stereocenters. The zero-order valence-electron chi connectivity index (χ0n) is 19.5. The van der Waals surface area contributed by atoms with Crippen molar-refractivity contribution in [2.45, 2.75) is 53.4 Å². The number of carbonyl (C=O) groups is 1. The number of methoxy groups -OCH3 is 2. The van der Waals surface area contributed by atoms with E-state index in [1.165, 1.54) is 5.56 Å². The number of carboxylic acid groups (broad SMARTS) is 1. The van der Waals surface area contributed by atoms with Gasteiger partial charge in [0, 0.05) is 20.1 Å². The van der Waals surface area contributed by atoms with Crippen molar-refractivity contribution < 1.29 is 24.1 Å². The van der Waals surface area contributed by atoms with Crippen molar-refractivity contribution in [1.82, 2.24) is 0 Å². The number of carboxylic acids is 1. The molecule has 0 fully saturated rings. The van der Waals surface area contributed by atoms with Gasteiger partial charge in [0.15, 0.2) is 11.5 Å². The van der Waals surface area contributed by atoms with E-state index in [0.717, 1.165) is 30.8 Å². The summed E-state index contributed by atoms with van der Waals surface area (Å²) in [6.07, 6.45) is 7.46. The first kappa shape index (κ1) is 26.0. The van der Waals surface area contributed by atoms with Crippen LogP contribution in [0.5, 0.6) is 11.5 Å². The van der Waals surface area contributed by atoms with Gasteiger partial charge in [0.2, 0.25) is 0 Å². The first-order chi connectivity index (χ1) is 14.3. The van der Waals surface area contributed by atoms with Crippen LogP contribution in [-0.4, -0.2) is 38.5 Å². The van der Waals surface area contributed by atoms with Crippen LogP contribution in [0, 0.1) is 23.7 Å². The van der Waals surface area contributed by atoms with Crippen LogP contribution in [0.1, 0.15) is 52.5 Å². The summed E-state index contributed by atoms with van der Waals surface area (Å²) in [5.74, 6) is 1.59. The van der Waals surface area contributed by atoms with Gasteiger partial charge in [-0.3, -0.25) is 4.79 Å². The Morgan fingerprint density at radius 2 is 1.70 bits per heavy atom. The number of hydrogen-bond acceptors (Lipinski definition) is 4. The molecule has 1 aromatic rings. The molecule has 0 saturated carbocycles. The van der Waals surface area contributed by atoms with E-state index in [9.17, 15) is 9.90 Å². The van der Waals surface area contributed by atoms with Crippen LogP contribution in [0.2, 0.25) is 0 Å². The third-order valence-corrected chi connectivity index (χ3v) is 5.54. The highest BCUT2D eigenvalue weighted by molar-refractivity contribution is 5.70. The Bertz CT molecular complexity index is 651. The molecule has 0 heterocycles. The van der Waals surface area contributed by atoms with Gasteiger partial charge < -0.3 is 19.3 Å². The van der Waals surface area contributed by atoms with Crippen LogP contribution in [-0.2, 0) is 16.0 Å². The third-order valence-electron chi connectivity index (χ3n) is 5.54. The highest BCUT2D eigenvalue weighted by Gasteiger charge is 2.20. The quantitative estimate of drug-likeness (QED) is 0.295. The fourth-order valence-corrected chi connectivity index (χ4v) is 3.41. The minimum Gasteiger partial charge on any atom is -0.493 e. The average molecular weight is 421 g/mol. The average Bonchev–Trinajstić information content (AvgIpc) is 2.69. The molecule has 0 aliphatic rings. The molecule has 1 aromatic carbocycles. The number of rotatable bonds is 15. The largest absolute Gasteiger partial charge is 0.493 e. The van der Waals surface area contributed by atoms with E-state index in [0.29, 0.717) is 31.5 Å². The van der Waals surface area contributed by atoms with E-state index in [4.69, 9.17) is 14.2 Å². The molecule has 0 spiro atoms. The minimum atomic E-state index is -0.716. The fourth-order valence-electron chi connectivity index (χ4n) is 3.41. The Hall–Kier alpha value is -2.01. The van der Waals surface area contributed by atoms with Crippen molar-refractivity contribution in [3.8, 4) is 11.5 Å². The molecule has 5 heteroatoms. The zero-order valence-corrected chi connectivity index (χ0v) is 19.5. The molecule has 1 rings (SSSR count). The number of hydrogen-bond donors (Lipinski definition) is 1. The molecule has 1 N–H and O–H groups in total. The lowest BCUT2D eigenvalue weighted by atomic mass is 9.86. The highest BCUT2D eigenvalue weighted by Crippen LogP contribution is 2.31. The van der Waals surface area contributed by atoms with Crippen LogP contribution >= 0.6 is 0 Å². The monoisotopic (exact) mass is 420 g/mol. The second-order valence-corrected chi connectivity index (χ2v) is 8.52. The van der Waals surface area contributed by atoms with Crippen LogP contribution in [0.15, 0.2) is 30.4 Å². The summed E-state index contributed by atoms with van der Waals surface area (Å²) >= 11 is 0. The Kier molecular flexibility index (Phi) is 12.2. The molecule has 30 heavy (non-hydrogen) atoms. The van der Waals surface area contributed by atoms with Gasteiger partial charge in [-0.15, -0.1) is 0 Å². The van der Waals surface area contributed by atoms with Crippen molar-refractivity contribution in [3.63, 3.8) is 0 Å². The predicted octanol–water partition coefficient (Wildman–Crippen LogP) is 5.62. The van der Waals surface area contributed by atoms with E-state index < -0.39 is 5.97 Å². The Morgan fingerprint density at radius 1 is 1.00 bits per heavy atom. The summed E-state index contributed by atoms with van der Waals surface area (Å²) in [6.45, 7) is 9.65. The molecular formula is C25H40O5. The van der Waals surface area contributed by atoms with Crippen LogP contribution in [0.4, 0.5) is 0 Å². The molecule has 5 nitrogen and oxygen atoms in total. The lowest BCUT2D eigenvalue weighted by Gasteiger charge is -2.21. The highest BCUT2D eigenvalue weighted by atomic mass is 16.5. The predicted molar refractivity (Wildman–Crippen MR) is 121 cm³/mol. The van der Waals surface area contributed by atoms with Gasteiger partial charge >= 0.3 is 5.97 Å². The topological polar surface area (TPSA) is 65.0 Å². The SMILES string of the molecule is COCCCOc1cc(C[C@@H](CC=CC[C@H](C(=O)O)C(C)C)C(C)C)ccc1OC. The number of benzene rings is 1. The van der Waals surface area contributed by atoms with Gasteiger partial charge in [0.1, 0.15) is 0 Å². The molecule has 0 aliphatic carbocycles. The van der Waals surface area contributed by atoms with Gasteiger partial charge in [-0.2, -0.15) is 0 Å². The number of allylic oxidation sites excluding steroid dienone is 2. The van der Waals surface area contributed by atoms with Gasteiger partial charge in [0.05, 0.1) is 19.6 Å². The van der Waals surface area contributed by atoms with E-state index in [2.05, 4.69) is 32.1 Å². The minimum absolute atomic E-state index is 0.134. The molecule has 0 unspecified atom stereocenters. The molecule has 0 radical (unpaired) electrons. The molecule has 0 amide bonds. The maximum absolute atomic E-state index is 11.4. The molecule has 0 aromatic heterocycles.